The van der Waals surface area contributed by atoms with Crippen LogP contribution in [-0.2, 0) is 16.1 Å². The molecule has 3 rings (SSSR count). The van der Waals surface area contributed by atoms with E-state index in [1.807, 2.05) is 6.07 Å². The van der Waals surface area contributed by atoms with Crippen molar-refractivity contribution in [2.75, 3.05) is 6.54 Å². The molecule has 0 saturated carbocycles. The third-order valence-electron chi connectivity index (χ3n) is 3.50. The van der Waals surface area contributed by atoms with Gasteiger partial charge >= 0.3 is 12.3 Å². The highest BCUT2D eigenvalue weighted by Crippen LogP contribution is 2.33. The van der Waals surface area contributed by atoms with Crippen molar-refractivity contribution >= 4 is 12.0 Å². The fraction of sp³-hybridized carbons (Fsp3) is 0.429. The lowest BCUT2D eigenvalue weighted by Gasteiger charge is -2.23. The van der Waals surface area contributed by atoms with Crippen molar-refractivity contribution in [1.82, 2.24) is 4.90 Å². The highest BCUT2D eigenvalue weighted by atomic mass is 19.4. The van der Waals surface area contributed by atoms with E-state index in [0.717, 1.165) is 10.5 Å². The monoisotopic (exact) mass is 314 g/mol. The molecule has 0 spiro atoms. The molecule has 2 atom stereocenters. The average Bonchev–Trinajstić information content (AvgIpc) is 3.05. The molecule has 1 saturated heterocycles. The number of carbonyl (C=O) groups is 1. The van der Waals surface area contributed by atoms with Gasteiger partial charge in [-0.1, -0.05) is 30.3 Å². The Kier molecular flexibility index (Phi) is 3.67. The van der Waals surface area contributed by atoms with E-state index >= 15 is 0 Å². The summed E-state index contributed by atoms with van der Waals surface area (Å²) in [7, 11) is 0. The molecular formula is C14H13F3N2O3. The first kappa shape index (κ1) is 14.7. The van der Waals surface area contributed by atoms with Crippen LogP contribution in [-0.4, -0.2) is 41.9 Å². The number of amides is 1. The van der Waals surface area contributed by atoms with Crippen LogP contribution in [0.15, 0.2) is 35.3 Å². The number of hydrogen-bond donors (Lipinski definition) is 0. The number of nitrogens with zero attached hydrogens (tertiary/aromatic N) is 2. The summed E-state index contributed by atoms with van der Waals surface area (Å²) in [5.41, 5.74) is 0.797. The molecule has 8 heteroatoms. The largest absolute Gasteiger partial charge is 0.468 e. The lowest BCUT2D eigenvalue weighted by atomic mass is 10.2. The zero-order chi connectivity index (χ0) is 15.7. The first-order valence-electron chi connectivity index (χ1n) is 6.74. The number of aliphatic imine (C=N–C) groups is 1. The van der Waals surface area contributed by atoms with Crippen LogP contribution < -0.4 is 0 Å². The molecule has 5 nitrogen and oxygen atoms in total. The maximum absolute atomic E-state index is 12.6. The molecule has 0 aliphatic carbocycles. The molecular weight excluding hydrogens is 301 g/mol. The third-order valence-corrected chi connectivity index (χ3v) is 3.50. The van der Waals surface area contributed by atoms with Crippen molar-refractivity contribution in [3.8, 4) is 0 Å². The molecule has 0 bridgehead atoms. The Labute approximate surface area is 124 Å². The molecule has 0 N–H and O–H groups in total. The van der Waals surface area contributed by atoms with E-state index < -0.39 is 30.4 Å². The van der Waals surface area contributed by atoms with E-state index in [-0.39, 0.29) is 13.2 Å². The van der Waals surface area contributed by atoms with Crippen molar-refractivity contribution in [3.05, 3.63) is 35.9 Å². The fourth-order valence-electron chi connectivity index (χ4n) is 2.45. The van der Waals surface area contributed by atoms with Gasteiger partial charge < -0.3 is 9.47 Å². The molecule has 2 aliphatic rings. The van der Waals surface area contributed by atoms with Crippen LogP contribution in [0.3, 0.4) is 0 Å². The smallest absolute Gasteiger partial charge is 0.448 e. The van der Waals surface area contributed by atoms with Crippen molar-refractivity contribution in [2.45, 2.75) is 31.5 Å². The van der Waals surface area contributed by atoms with Gasteiger partial charge in [0.25, 0.3) is 5.90 Å². The van der Waals surface area contributed by atoms with E-state index in [4.69, 9.17) is 9.47 Å². The SMILES string of the molecule is O=C(OCc1ccccc1)N1CC[C@@H]2N=C(C(F)(F)F)O[C@@H]21. The minimum Gasteiger partial charge on any atom is -0.448 e. The summed E-state index contributed by atoms with van der Waals surface area (Å²) in [5.74, 6) is -1.27. The van der Waals surface area contributed by atoms with Crippen LogP contribution in [0.4, 0.5) is 18.0 Å². The number of halogens is 3. The lowest BCUT2D eigenvalue weighted by Crippen LogP contribution is -2.40. The second-order valence-electron chi connectivity index (χ2n) is 5.03. The van der Waals surface area contributed by atoms with Gasteiger partial charge in [-0.15, -0.1) is 0 Å². The van der Waals surface area contributed by atoms with E-state index in [9.17, 15) is 18.0 Å². The van der Waals surface area contributed by atoms with Crippen molar-refractivity contribution in [1.29, 1.82) is 0 Å². The Morgan fingerprint density at radius 2 is 2.09 bits per heavy atom. The first-order chi connectivity index (χ1) is 10.4. The number of ether oxygens (including phenoxy) is 2. The molecule has 0 radical (unpaired) electrons. The Hall–Kier alpha value is -2.25. The number of likely N-dealkylation sites (tertiary alicyclic amines) is 1. The second kappa shape index (κ2) is 5.51. The maximum Gasteiger partial charge on any atom is 0.468 e. The molecule has 1 amide bonds. The summed E-state index contributed by atoms with van der Waals surface area (Å²) in [5, 5.41) is 0. The summed E-state index contributed by atoms with van der Waals surface area (Å²) in [6, 6.07) is 8.34. The molecule has 2 aliphatic heterocycles. The minimum absolute atomic E-state index is 0.0561. The predicted molar refractivity (Wildman–Crippen MR) is 70.1 cm³/mol. The van der Waals surface area contributed by atoms with Gasteiger partial charge in [0, 0.05) is 6.54 Å². The van der Waals surface area contributed by atoms with Gasteiger partial charge in [0.15, 0.2) is 0 Å². The van der Waals surface area contributed by atoms with E-state index in [1.165, 1.54) is 0 Å². The van der Waals surface area contributed by atoms with Crippen LogP contribution in [0.5, 0.6) is 0 Å². The molecule has 2 heterocycles. The molecule has 22 heavy (non-hydrogen) atoms. The quantitative estimate of drug-likeness (QED) is 0.843. The summed E-state index contributed by atoms with van der Waals surface area (Å²) >= 11 is 0. The molecule has 0 unspecified atom stereocenters. The zero-order valence-corrected chi connectivity index (χ0v) is 11.4. The standard InChI is InChI=1S/C14H13F3N2O3/c15-14(16,17)12-18-10-6-7-19(11(10)22-12)13(20)21-8-9-4-2-1-3-5-9/h1-5,10-11H,6-8H2/t10-,11-/m0/s1. The number of carbonyl (C=O) groups excluding carboxylic acids is 1. The topological polar surface area (TPSA) is 51.1 Å². The van der Waals surface area contributed by atoms with Gasteiger partial charge in [0.1, 0.15) is 12.6 Å². The minimum atomic E-state index is -4.63. The van der Waals surface area contributed by atoms with Crippen molar-refractivity contribution in [2.24, 2.45) is 4.99 Å². The summed E-state index contributed by atoms with van der Waals surface area (Å²) in [6.45, 7) is 0.318. The Morgan fingerprint density at radius 1 is 1.36 bits per heavy atom. The maximum atomic E-state index is 12.6. The number of fused-ring (bicyclic) bond motifs is 1. The van der Waals surface area contributed by atoms with Crippen LogP contribution in [0.1, 0.15) is 12.0 Å². The summed E-state index contributed by atoms with van der Waals surface area (Å²) < 4.78 is 47.6. The van der Waals surface area contributed by atoms with Crippen LogP contribution >= 0.6 is 0 Å². The van der Waals surface area contributed by atoms with Gasteiger partial charge in [0.2, 0.25) is 6.23 Å². The van der Waals surface area contributed by atoms with E-state index in [2.05, 4.69) is 4.99 Å². The van der Waals surface area contributed by atoms with E-state index in [1.54, 1.807) is 24.3 Å². The first-order valence-corrected chi connectivity index (χ1v) is 6.74. The average molecular weight is 314 g/mol. The van der Waals surface area contributed by atoms with Crippen LogP contribution in [0, 0.1) is 0 Å². The van der Waals surface area contributed by atoms with Gasteiger partial charge in [-0.3, -0.25) is 4.90 Å². The molecule has 118 valence electrons. The van der Waals surface area contributed by atoms with Gasteiger partial charge in [-0.2, -0.15) is 13.2 Å². The summed E-state index contributed by atoms with van der Waals surface area (Å²) in [6.07, 6.45) is -6.04. The molecule has 1 aromatic rings. The number of hydrogen-bond acceptors (Lipinski definition) is 4. The molecule has 1 aromatic carbocycles. The van der Waals surface area contributed by atoms with Crippen molar-refractivity contribution < 1.29 is 27.4 Å². The van der Waals surface area contributed by atoms with Gasteiger partial charge in [-0.25, -0.2) is 9.79 Å². The van der Waals surface area contributed by atoms with Crippen molar-refractivity contribution in [3.63, 3.8) is 0 Å². The van der Waals surface area contributed by atoms with E-state index in [0.29, 0.717) is 6.42 Å². The van der Waals surface area contributed by atoms with Gasteiger partial charge in [-0.05, 0) is 12.0 Å². The highest BCUT2D eigenvalue weighted by Gasteiger charge is 2.51. The van der Waals surface area contributed by atoms with Gasteiger partial charge in [0.05, 0.1) is 0 Å². The Bertz CT molecular complexity index is 589. The highest BCUT2D eigenvalue weighted by molar-refractivity contribution is 5.84. The second-order valence-corrected chi connectivity index (χ2v) is 5.03. The number of benzene rings is 1. The van der Waals surface area contributed by atoms with Crippen LogP contribution in [0.2, 0.25) is 0 Å². The Balaban J connectivity index is 1.59. The number of rotatable bonds is 2. The third kappa shape index (κ3) is 2.86. The normalized spacial score (nSPS) is 23.8. The fourth-order valence-corrected chi connectivity index (χ4v) is 2.45. The zero-order valence-electron chi connectivity index (χ0n) is 11.4. The van der Waals surface area contributed by atoms with Crippen LogP contribution in [0.25, 0.3) is 0 Å². The Morgan fingerprint density at radius 3 is 2.77 bits per heavy atom. The molecule has 1 fully saturated rings. The number of alkyl halides is 3. The molecule has 0 aromatic heterocycles. The lowest BCUT2D eigenvalue weighted by molar-refractivity contribution is -0.0858. The predicted octanol–water partition coefficient (Wildman–Crippen LogP) is 2.71. The summed E-state index contributed by atoms with van der Waals surface area (Å²) in [4.78, 5) is 16.7.